The molecule has 0 aliphatic rings. The molecular formula is C39H70N6. The molecule has 6 heteroatoms. The Kier molecular flexibility index (Phi) is 17.3. The van der Waals surface area contributed by atoms with Gasteiger partial charge in [-0.05, 0) is 93.0 Å². The Morgan fingerprint density at radius 2 is 1.07 bits per heavy atom. The molecule has 45 heavy (non-hydrogen) atoms. The van der Waals surface area contributed by atoms with Gasteiger partial charge < -0.3 is 10.6 Å². The van der Waals surface area contributed by atoms with E-state index in [1.807, 2.05) is 0 Å². The standard InChI is InChI=1S/C39H70N6/c1-11-24-45(39(8,9)33-35-18-14-12-15-19-35)32-28-42(26-23-41-37(2,3)4)27-30-44(38(5,6)7)31-29-43(25-22-40-10)34-36-20-16-13-17-21-36/h12-21,40-41H,11,22-34H2,1-10H3. The van der Waals surface area contributed by atoms with Gasteiger partial charge in [0.2, 0.25) is 0 Å². The van der Waals surface area contributed by atoms with Crippen LogP contribution < -0.4 is 10.6 Å². The predicted molar refractivity (Wildman–Crippen MR) is 197 cm³/mol. The number of rotatable bonds is 22. The average Bonchev–Trinajstić information content (AvgIpc) is 2.96. The lowest BCUT2D eigenvalue weighted by Crippen LogP contribution is -2.52. The Hall–Kier alpha value is -1.80. The molecule has 6 nitrogen and oxygen atoms in total. The Bertz CT molecular complexity index is 1010. The lowest BCUT2D eigenvalue weighted by molar-refractivity contribution is 0.0789. The highest BCUT2D eigenvalue weighted by atomic mass is 15.3. The van der Waals surface area contributed by atoms with Crippen molar-refractivity contribution in [3.63, 3.8) is 0 Å². The van der Waals surface area contributed by atoms with Gasteiger partial charge in [-0.2, -0.15) is 0 Å². The second kappa shape index (κ2) is 19.8. The van der Waals surface area contributed by atoms with Gasteiger partial charge in [0.1, 0.15) is 0 Å². The van der Waals surface area contributed by atoms with E-state index >= 15 is 0 Å². The van der Waals surface area contributed by atoms with Crippen LogP contribution in [-0.2, 0) is 13.0 Å². The number of benzene rings is 2. The van der Waals surface area contributed by atoms with E-state index in [0.29, 0.717) is 0 Å². The second-order valence-electron chi connectivity index (χ2n) is 15.5. The molecule has 0 aliphatic carbocycles. The molecular weight excluding hydrogens is 552 g/mol. The molecule has 0 fully saturated rings. The van der Waals surface area contributed by atoms with Crippen LogP contribution in [0.5, 0.6) is 0 Å². The van der Waals surface area contributed by atoms with Crippen LogP contribution in [-0.4, -0.2) is 115 Å². The molecule has 0 saturated heterocycles. The molecule has 0 bridgehead atoms. The fourth-order valence-corrected chi connectivity index (χ4v) is 6.07. The largest absolute Gasteiger partial charge is 0.318 e. The predicted octanol–water partition coefficient (Wildman–Crippen LogP) is 6.23. The molecule has 2 N–H and O–H groups in total. The Balaban J connectivity index is 2.10. The lowest BCUT2D eigenvalue weighted by atomic mass is 9.92. The van der Waals surface area contributed by atoms with E-state index in [1.165, 1.54) is 17.5 Å². The van der Waals surface area contributed by atoms with Gasteiger partial charge >= 0.3 is 0 Å². The highest BCUT2D eigenvalue weighted by molar-refractivity contribution is 5.17. The zero-order valence-corrected chi connectivity index (χ0v) is 31.0. The molecule has 0 aliphatic heterocycles. The van der Waals surface area contributed by atoms with Gasteiger partial charge in [-0.1, -0.05) is 67.6 Å². The summed E-state index contributed by atoms with van der Waals surface area (Å²) in [6.07, 6.45) is 2.25. The number of hydrogen-bond donors (Lipinski definition) is 2. The molecule has 0 unspecified atom stereocenters. The topological polar surface area (TPSA) is 37.0 Å². The van der Waals surface area contributed by atoms with E-state index in [1.54, 1.807) is 0 Å². The minimum Gasteiger partial charge on any atom is -0.318 e. The smallest absolute Gasteiger partial charge is 0.0234 e. The highest BCUT2D eigenvalue weighted by Gasteiger charge is 2.28. The van der Waals surface area contributed by atoms with Crippen LogP contribution in [0.15, 0.2) is 60.7 Å². The van der Waals surface area contributed by atoms with Crippen molar-refractivity contribution in [3.05, 3.63) is 71.8 Å². The molecule has 2 aromatic carbocycles. The minimum atomic E-state index is 0.111. The molecule has 0 atom stereocenters. The van der Waals surface area contributed by atoms with Crippen LogP contribution in [0.2, 0.25) is 0 Å². The normalized spacial score (nSPS) is 13.1. The molecule has 0 heterocycles. The van der Waals surface area contributed by atoms with Crippen molar-refractivity contribution in [2.75, 3.05) is 79.0 Å². The van der Waals surface area contributed by atoms with Crippen molar-refractivity contribution in [3.8, 4) is 0 Å². The number of hydrogen-bond acceptors (Lipinski definition) is 6. The van der Waals surface area contributed by atoms with Gasteiger partial charge in [0.05, 0.1) is 0 Å². The maximum Gasteiger partial charge on any atom is 0.0234 e. The summed E-state index contributed by atoms with van der Waals surface area (Å²) < 4.78 is 0. The molecule has 0 saturated carbocycles. The quantitative estimate of drug-likeness (QED) is 0.162. The van der Waals surface area contributed by atoms with Gasteiger partial charge in [-0.25, -0.2) is 0 Å². The first-order chi connectivity index (χ1) is 21.2. The summed E-state index contributed by atoms with van der Waals surface area (Å²) in [7, 11) is 2.05. The first-order valence-electron chi connectivity index (χ1n) is 17.7. The number of likely N-dealkylation sites (N-methyl/N-ethyl adjacent to an activating group) is 1. The summed E-state index contributed by atoms with van der Waals surface area (Å²) in [5, 5.41) is 7.10. The summed E-state index contributed by atoms with van der Waals surface area (Å²) in [6, 6.07) is 21.9. The molecule has 256 valence electrons. The van der Waals surface area contributed by atoms with Crippen LogP contribution in [0.1, 0.15) is 79.9 Å². The van der Waals surface area contributed by atoms with E-state index < -0.39 is 0 Å². The van der Waals surface area contributed by atoms with Crippen molar-refractivity contribution in [2.45, 2.75) is 98.3 Å². The van der Waals surface area contributed by atoms with Gasteiger partial charge in [0.25, 0.3) is 0 Å². The van der Waals surface area contributed by atoms with Gasteiger partial charge in [-0.3, -0.25) is 19.6 Å². The molecule has 0 aromatic heterocycles. The SMILES string of the molecule is CCCN(CCN(CCNC(C)(C)C)CCN(CCN(CCNC)Cc1ccccc1)C(C)(C)C)C(C)(C)Cc1ccccc1. The first kappa shape index (κ1) is 39.4. The molecule has 0 spiro atoms. The molecule has 2 aromatic rings. The van der Waals surface area contributed by atoms with Gasteiger partial charge in [0, 0.05) is 88.6 Å². The van der Waals surface area contributed by atoms with Crippen molar-refractivity contribution < 1.29 is 0 Å². The average molecular weight is 623 g/mol. The van der Waals surface area contributed by atoms with E-state index in [9.17, 15) is 0 Å². The Labute approximate surface area is 278 Å². The zero-order chi connectivity index (χ0) is 33.3. The first-order valence-corrected chi connectivity index (χ1v) is 17.7. The summed E-state index contributed by atoms with van der Waals surface area (Å²) in [5.41, 5.74) is 3.17. The molecule has 0 amide bonds. The fraction of sp³-hybridized carbons (Fsp3) is 0.692. The molecule has 0 radical (unpaired) electrons. The lowest BCUT2D eigenvalue weighted by Gasteiger charge is -2.41. The minimum absolute atomic E-state index is 0.111. The van der Waals surface area contributed by atoms with Gasteiger partial charge in [0.15, 0.2) is 0 Å². The highest BCUT2D eigenvalue weighted by Crippen LogP contribution is 2.21. The van der Waals surface area contributed by atoms with Crippen LogP contribution in [0.4, 0.5) is 0 Å². The second-order valence-corrected chi connectivity index (χ2v) is 15.5. The maximum atomic E-state index is 3.75. The van der Waals surface area contributed by atoms with E-state index in [4.69, 9.17) is 0 Å². The Morgan fingerprint density at radius 1 is 0.556 bits per heavy atom. The van der Waals surface area contributed by atoms with E-state index in [2.05, 4.69) is 160 Å². The zero-order valence-electron chi connectivity index (χ0n) is 31.0. The summed E-state index contributed by atoms with van der Waals surface area (Å²) in [5.74, 6) is 0. The van der Waals surface area contributed by atoms with Crippen molar-refractivity contribution in [1.29, 1.82) is 0 Å². The summed E-state index contributed by atoms with van der Waals surface area (Å²) in [6.45, 7) is 33.8. The third kappa shape index (κ3) is 16.5. The monoisotopic (exact) mass is 623 g/mol. The van der Waals surface area contributed by atoms with Crippen molar-refractivity contribution >= 4 is 0 Å². The molecule has 2 rings (SSSR count). The van der Waals surface area contributed by atoms with E-state index in [0.717, 1.165) is 85.0 Å². The van der Waals surface area contributed by atoms with Crippen LogP contribution in [0, 0.1) is 0 Å². The van der Waals surface area contributed by atoms with Crippen LogP contribution in [0.25, 0.3) is 0 Å². The number of nitrogens with one attached hydrogen (secondary N) is 2. The third-order valence-corrected chi connectivity index (χ3v) is 8.85. The van der Waals surface area contributed by atoms with E-state index in [-0.39, 0.29) is 16.6 Å². The third-order valence-electron chi connectivity index (χ3n) is 8.85. The summed E-state index contributed by atoms with van der Waals surface area (Å²) >= 11 is 0. The van der Waals surface area contributed by atoms with Gasteiger partial charge in [-0.15, -0.1) is 0 Å². The number of nitrogens with zero attached hydrogens (tertiary/aromatic N) is 4. The summed E-state index contributed by atoms with van der Waals surface area (Å²) in [4.78, 5) is 10.8. The Morgan fingerprint density at radius 3 is 1.58 bits per heavy atom. The van der Waals surface area contributed by atoms with Crippen LogP contribution >= 0.6 is 0 Å². The van der Waals surface area contributed by atoms with Crippen LogP contribution in [0.3, 0.4) is 0 Å². The fourth-order valence-electron chi connectivity index (χ4n) is 6.07. The van der Waals surface area contributed by atoms with Crippen molar-refractivity contribution in [1.82, 2.24) is 30.2 Å². The maximum absolute atomic E-state index is 3.75. The van der Waals surface area contributed by atoms with Crippen molar-refractivity contribution in [2.24, 2.45) is 0 Å².